The highest BCUT2D eigenvalue weighted by atomic mass is 35.5. The normalized spacial score (nSPS) is 10.8. The quantitative estimate of drug-likeness (QED) is 0.630. The summed E-state index contributed by atoms with van der Waals surface area (Å²) in [5, 5.41) is 10.9. The maximum atomic E-state index is 12.3. The third-order valence-electron chi connectivity index (χ3n) is 3.13. The van der Waals surface area contributed by atoms with Crippen molar-refractivity contribution in [2.45, 2.75) is 0 Å². The van der Waals surface area contributed by atoms with Crippen LogP contribution in [0.4, 0.5) is 0 Å². The van der Waals surface area contributed by atoms with Crippen LogP contribution in [0.25, 0.3) is 6.08 Å². The van der Waals surface area contributed by atoms with E-state index in [-0.39, 0.29) is 17.1 Å². The summed E-state index contributed by atoms with van der Waals surface area (Å²) in [7, 11) is 2.87. The van der Waals surface area contributed by atoms with Gasteiger partial charge < -0.3 is 14.6 Å². The number of hydrogen-bond donors (Lipinski definition) is 1. The molecule has 0 fully saturated rings. The van der Waals surface area contributed by atoms with E-state index in [1.807, 2.05) is 0 Å². The molecule has 0 unspecified atom stereocenters. The van der Waals surface area contributed by atoms with E-state index in [4.69, 9.17) is 32.7 Å². The molecule has 0 bridgehead atoms. The third kappa shape index (κ3) is 3.97. The number of methoxy groups -OCH3 is 2. The average Bonchev–Trinajstić information content (AvgIpc) is 2.54. The van der Waals surface area contributed by atoms with E-state index in [9.17, 15) is 9.90 Å². The number of ketones is 1. The van der Waals surface area contributed by atoms with Crippen molar-refractivity contribution < 1.29 is 19.4 Å². The van der Waals surface area contributed by atoms with E-state index < -0.39 is 5.78 Å². The lowest BCUT2D eigenvalue weighted by Gasteiger charge is -2.10. The van der Waals surface area contributed by atoms with Gasteiger partial charge >= 0.3 is 0 Å². The molecular weight excluding hydrogens is 339 g/mol. The molecule has 0 heterocycles. The molecule has 4 nitrogen and oxygen atoms in total. The van der Waals surface area contributed by atoms with Gasteiger partial charge in [-0.3, -0.25) is 4.79 Å². The van der Waals surface area contributed by atoms with Crippen LogP contribution in [-0.2, 0) is 0 Å². The Morgan fingerprint density at radius 1 is 1.09 bits per heavy atom. The van der Waals surface area contributed by atoms with E-state index in [2.05, 4.69) is 0 Å². The highest BCUT2D eigenvalue weighted by Crippen LogP contribution is 2.34. The first-order valence-corrected chi connectivity index (χ1v) is 7.34. The molecule has 23 heavy (non-hydrogen) atoms. The minimum atomic E-state index is -0.409. The van der Waals surface area contributed by atoms with Gasteiger partial charge in [0.05, 0.1) is 24.3 Å². The molecule has 0 aliphatic rings. The van der Waals surface area contributed by atoms with Crippen LogP contribution < -0.4 is 9.47 Å². The lowest BCUT2D eigenvalue weighted by molar-refractivity contribution is 0.104. The summed E-state index contributed by atoms with van der Waals surface area (Å²) < 4.78 is 10.2. The Hall–Kier alpha value is -2.17. The first-order valence-electron chi connectivity index (χ1n) is 6.58. The largest absolute Gasteiger partial charge is 0.507 e. The monoisotopic (exact) mass is 352 g/mol. The zero-order valence-corrected chi connectivity index (χ0v) is 14.0. The van der Waals surface area contributed by atoms with E-state index in [0.717, 1.165) is 0 Å². The van der Waals surface area contributed by atoms with Crippen LogP contribution >= 0.6 is 23.2 Å². The van der Waals surface area contributed by atoms with Crippen molar-refractivity contribution in [1.82, 2.24) is 0 Å². The second-order valence-corrected chi connectivity index (χ2v) is 5.41. The molecule has 0 saturated heterocycles. The van der Waals surface area contributed by atoms with Crippen LogP contribution in [-0.4, -0.2) is 25.1 Å². The molecule has 1 N–H and O–H groups in total. The van der Waals surface area contributed by atoms with Crippen LogP contribution in [0.2, 0.25) is 10.0 Å². The summed E-state index contributed by atoms with van der Waals surface area (Å²) in [4.78, 5) is 12.3. The van der Waals surface area contributed by atoms with Gasteiger partial charge in [-0.25, -0.2) is 0 Å². The van der Waals surface area contributed by atoms with Crippen LogP contribution in [0.5, 0.6) is 17.2 Å². The van der Waals surface area contributed by atoms with E-state index in [0.29, 0.717) is 21.4 Å². The summed E-state index contributed by atoms with van der Waals surface area (Å²) in [6, 6.07) is 7.88. The molecule has 2 aromatic rings. The molecule has 0 radical (unpaired) electrons. The predicted octanol–water partition coefficient (Wildman–Crippen LogP) is 4.61. The van der Waals surface area contributed by atoms with Crippen LogP contribution in [0, 0.1) is 0 Å². The first kappa shape index (κ1) is 17.2. The second-order valence-electron chi connectivity index (χ2n) is 4.59. The Kier molecular flexibility index (Phi) is 5.53. The number of allylic oxidation sites excluding steroid dienone is 1. The summed E-state index contributed by atoms with van der Waals surface area (Å²) in [5.74, 6) is -0.00642. The highest BCUT2D eigenvalue weighted by Gasteiger charge is 2.17. The van der Waals surface area contributed by atoms with Crippen molar-refractivity contribution in [3.63, 3.8) is 0 Å². The van der Waals surface area contributed by atoms with Crippen molar-refractivity contribution in [3.05, 3.63) is 57.6 Å². The Balaban J connectivity index is 2.33. The van der Waals surface area contributed by atoms with Crippen molar-refractivity contribution in [2.24, 2.45) is 0 Å². The van der Waals surface area contributed by atoms with Gasteiger partial charge in [0.2, 0.25) is 0 Å². The molecule has 0 aromatic heterocycles. The molecule has 120 valence electrons. The molecule has 0 aliphatic heterocycles. The lowest BCUT2D eigenvalue weighted by Crippen LogP contribution is -2.00. The van der Waals surface area contributed by atoms with Crippen LogP contribution in [0.15, 0.2) is 36.4 Å². The molecule has 6 heteroatoms. The van der Waals surface area contributed by atoms with Gasteiger partial charge in [0.1, 0.15) is 22.8 Å². The molecule has 0 amide bonds. The van der Waals surface area contributed by atoms with Gasteiger partial charge in [0.25, 0.3) is 0 Å². The molecule has 2 rings (SSSR count). The fourth-order valence-electron chi connectivity index (χ4n) is 1.97. The predicted molar refractivity (Wildman–Crippen MR) is 91.0 cm³/mol. The number of hydrogen-bond acceptors (Lipinski definition) is 4. The van der Waals surface area contributed by atoms with Crippen molar-refractivity contribution >= 4 is 35.1 Å². The number of carbonyl (C=O) groups is 1. The Bertz CT molecular complexity index is 769. The minimum absolute atomic E-state index is 0.0598. The number of halogens is 2. The van der Waals surface area contributed by atoms with Crippen molar-refractivity contribution in [2.75, 3.05) is 14.2 Å². The van der Waals surface area contributed by atoms with Gasteiger partial charge in [-0.1, -0.05) is 35.3 Å². The fourth-order valence-corrected chi connectivity index (χ4v) is 2.28. The molecular formula is C17H14Cl2O4. The average molecular weight is 353 g/mol. The van der Waals surface area contributed by atoms with E-state index in [1.165, 1.54) is 32.4 Å². The number of aromatic hydroxyl groups is 1. The van der Waals surface area contributed by atoms with Gasteiger partial charge in [0, 0.05) is 12.1 Å². The fraction of sp³-hybridized carbons (Fsp3) is 0.118. The molecule has 2 aromatic carbocycles. The Labute approximate surface area is 143 Å². The molecule has 0 aliphatic carbocycles. The molecule has 0 saturated carbocycles. The van der Waals surface area contributed by atoms with Crippen molar-refractivity contribution in [3.8, 4) is 17.2 Å². The zero-order chi connectivity index (χ0) is 17.0. The number of carbonyl (C=O) groups excluding carboxylic acids is 1. The van der Waals surface area contributed by atoms with Crippen molar-refractivity contribution in [1.29, 1.82) is 0 Å². The van der Waals surface area contributed by atoms with Gasteiger partial charge in [-0.15, -0.1) is 0 Å². The molecule has 0 spiro atoms. The van der Waals surface area contributed by atoms with E-state index in [1.54, 1.807) is 24.3 Å². The topological polar surface area (TPSA) is 55.8 Å². The minimum Gasteiger partial charge on any atom is -0.507 e. The standard InChI is InChI=1S/C17H14Cl2O4/c1-22-11-8-15(21)17(16(9-11)23-2)14(20)6-4-10-3-5-12(18)13(19)7-10/h3-9,21H,1-2H3/b6-4+. The Morgan fingerprint density at radius 3 is 2.43 bits per heavy atom. The van der Waals surface area contributed by atoms with Crippen LogP contribution in [0.3, 0.4) is 0 Å². The maximum absolute atomic E-state index is 12.3. The summed E-state index contributed by atoms with van der Waals surface area (Å²) in [6.45, 7) is 0. The zero-order valence-electron chi connectivity index (χ0n) is 12.5. The SMILES string of the molecule is COc1cc(O)c(C(=O)/C=C/c2ccc(Cl)c(Cl)c2)c(OC)c1. The lowest BCUT2D eigenvalue weighted by atomic mass is 10.1. The van der Waals surface area contributed by atoms with Gasteiger partial charge in [0.15, 0.2) is 5.78 Å². The second kappa shape index (κ2) is 7.40. The number of phenols is 1. The number of phenolic OH excluding ortho intramolecular Hbond substituents is 1. The van der Waals surface area contributed by atoms with E-state index >= 15 is 0 Å². The summed E-state index contributed by atoms with van der Waals surface area (Å²) in [6.07, 6.45) is 2.90. The number of ether oxygens (including phenoxy) is 2. The highest BCUT2D eigenvalue weighted by molar-refractivity contribution is 6.42. The summed E-state index contributed by atoms with van der Waals surface area (Å²) >= 11 is 11.8. The third-order valence-corrected chi connectivity index (χ3v) is 3.87. The Morgan fingerprint density at radius 2 is 1.83 bits per heavy atom. The van der Waals surface area contributed by atoms with Crippen LogP contribution in [0.1, 0.15) is 15.9 Å². The number of benzene rings is 2. The van der Waals surface area contributed by atoms with Gasteiger partial charge in [-0.05, 0) is 23.8 Å². The first-order chi connectivity index (χ1) is 11.0. The smallest absolute Gasteiger partial charge is 0.193 e. The number of rotatable bonds is 5. The maximum Gasteiger partial charge on any atom is 0.193 e. The summed E-state index contributed by atoms with van der Waals surface area (Å²) in [5.41, 5.74) is 0.768. The van der Waals surface area contributed by atoms with Gasteiger partial charge in [-0.2, -0.15) is 0 Å². The molecule has 0 atom stereocenters.